The second-order valence-electron chi connectivity index (χ2n) is 6.26. The van der Waals surface area contributed by atoms with E-state index in [-0.39, 0.29) is 6.03 Å². The molecule has 0 spiro atoms. The molecule has 1 aromatic carbocycles. The Kier molecular flexibility index (Phi) is 4.93. The molecule has 0 atom stereocenters. The maximum Gasteiger partial charge on any atom is 0.322 e. The molecule has 1 saturated heterocycles. The van der Waals surface area contributed by atoms with Crippen molar-refractivity contribution in [2.75, 3.05) is 36.4 Å². The zero-order valence-electron chi connectivity index (χ0n) is 14.6. The highest BCUT2D eigenvalue weighted by Crippen LogP contribution is 2.23. The number of aromatic nitrogens is 3. The van der Waals surface area contributed by atoms with Crippen molar-refractivity contribution in [3.8, 4) is 11.3 Å². The lowest BCUT2D eigenvalue weighted by Gasteiger charge is -2.34. The van der Waals surface area contributed by atoms with E-state index in [0.29, 0.717) is 23.8 Å². The predicted molar refractivity (Wildman–Crippen MR) is 106 cm³/mol. The minimum absolute atomic E-state index is 0.137. The topological polar surface area (TPSA) is 77.2 Å². The van der Waals surface area contributed by atoms with Crippen LogP contribution in [0.3, 0.4) is 0 Å². The molecule has 0 aliphatic carbocycles. The first kappa shape index (κ1) is 17.4. The van der Waals surface area contributed by atoms with Crippen LogP contribution in [0.5, 0.6) is 0 Å². The Morgan fingerprint density at radius 1 is 1.07 bits per heavy atom. The van der Waals surface area contributed by atoms with E-state index in [0.717, 1.165) is 30.2 Å². The van der Waals surface area contributed by atoms with E-state index in [1.54, 1.807) is 29.4 Å². The molecule has 2 amide bonds. The van der Waals surface area contributed by atoms with Crippen LogP contribution in [0.15, 0.2) is 54.9 Å². The van der Waals surface area contributed by atoms with Crippen molar-refractivity contribution in [1.29, 1.82) is 0 Å². The lowest BCUT2D eigenvalue weighted by atomic mass is 10.2. The van der Waals surface area contributed by atoms with Gasteiger partial charge < -0.3 is 15.1 Å². The molecule has 138 valence electrons. The fraction of sp³-hybridized carbons (Fsp3) is 0.211. The van der Waals surface area contributed by atoms with Crippen molar-refractivity contribution in [3.05, 3.63) is 59.9 Å². The Balaban J connectivity index is 1.36. The van der Waals surface area contributed by atoms with Gasteiger partial charge in [-0.1, -0.05) is 23.7 Å². The zero-order chi connectivity index (χ0) is 18.6. The quantitative estimate of drug-likeness (QED) is 0.727. The molecule has 0 unspecified atom stereocenters. The van der Waals surface area contributed by atoms with E-state index >= 15 is 0 Å². The number of pyridine rings is 1. The van der Waals surface area contributed by atoms with Gasteiger partial charge in [0.25, 0.3) is 0 Å². The second-order valence-corrected chi connectivity index (χ2v) is 6.67. The second kappa shape index (κ2) is 7.67. The third-order valence-corrected chi connectivity index (χ3v) is 4.89. The molecule has 1 fully saturated rings. The molecule has 1 aliphatic heterocycles. The third kappa shape index (κ3) is 3.88. The molecule has 7 nitrogen and oxygen atoms in total. The smallest absolute Gasteiger partial charge is 0.322 e. The lowest BCUT2D eigenvalue weighted by molar-refractivity contribution is 0.208. The Bertz CT molecular complexity index is 921. The first-order chi connectivity index (χ1) is 13.2. The van der Waals surface area contributed by atoms with Gasteiger partial charge in [-0.2, -0.15) is 5.10 Å². The van der Waals surface area contributed by atoms with Crippen LogP contribution in [0.25, 0.3) is 11.3 Å². The van der Waals surface area contributed by atoms with Crippen molar-refractivity contribution in [3.63, 3.8) is 0 Å². The molecule has 0 saturated carbocycles. The summed E-state index contributed by atoms with van der Waals surface area (Å²) in [6.45, 7) is 2.68. The molecule has 3 aromatic rings. The first-order valence-electron chi connectivity index (χ1n) is 8.72. The van der Waals surface area contributed by atoms with E-state index < -0.39 is 0 Å². The highest BCUT2D eigenvalue weighted by Gasteiger charge is 2.23. The number of anilines is 2. The van der Waals surface area contributed by atoms with E-state index in [4.69, 9.17) is 11.6 Å². The molecule has 2 N–H and O–H groups in total. The number of aromatic amines is 1. The maximum atomic E-state index is 12.5. The van der Waals surface area contributed by atoms with E-state index in [2.05, 4.69) is 25.4 Å². The summed E-state index contributed by atoms with van der Waals surface area (Å²) in [6, 6.07) is 13.0. The Labute approximate surface area is 162 Å². The maximum absolute atomic E-state index is 12.5. The summed E-state index contributed by atoms with van der Waals surface area (Å²) in [6.07, 6.45) is 3.51. The number of carbonyl (C=O) groups is 1. The summed E-state index contributed by atoms with van der Waals surface area (Å²) < 4.78 is 0. The number of H-pyrrole nitrogens is 1. The predicted octanol–water partition coefficient (Wildman–Crippen LogP) is 3.48. The van der Waals surface area contributed by atoms with Crippen molar-refractivity contribution in [2.24, 2.45) is 0 Å². The number of para-hydroxylation sites is 1. The van der Waals surface area contributed by atoms with Gasteiger partial charge in [0.2, 0.25) is 0 Å². The number of nitrogens with zero attached hydrogens (tertiary/aromatic N) is 4. The van der Waals surface area contributed by atoms with E-state index in [1.807, 2.05) is 30.3 Å². The van der Waals surface area contributed by atoms with Gasteiger partial charge in [-0.25, -0.2) is 4.79 Å². The molecular weight excluding hydrogens is 364 g/mol. The Morgan fingerprint density at radius 3 is 2.56 bits per heavy atom. The summed E-state index contributed by atoms with van der Waals surface area (Å²) in [7, 11) is 0. The molecule has 0 bridgehead atoms. The third-order valence-electron chi connectivity index (χ3n) is 4.56. The average molecular weight is 383 g/mol. The molecule has 3 heterocycles. The van der Waals surface area contributed by atoms with Gasteiger partial charge in [0.1, 0.15) is 0 Å². The van der Waals surface area contributed by atoms with Gasteiger partial charge >= 0.3 is 6.03 Å². The van der Waals surface area contributed by atoms with Crippen molar-refractivity contribution < 1.29 is 4.79 Å². The summed E-state index contributed by atoms with van der Waals surface area (Å²) >= 11 is 6.11. The number of hydrogen-bond donors (Lipinski definition) is 2. The number of halogens is 1. The van der Waals surface area contributed by atoms with Crippen LogP contribution in [0.2, 0.25) is 5.02 Å². The van der Waals surface area contributed by atoms with Gasteiger partial charge in [-0.3, -0.25) is 10.1 Å². The molecule has 0 radical (unpaired) electrons. The number of nitrogens with one attached hydrogen (secondary N) is 2. The number of rotatable bonds is 3. The molecular formula is C19H19ClN6O. The van der Waals surface area contributed by atoms with Crippen molar-refractivity contribution >= 4 is 29.1 Å². The van der Waals surface area contributed by atoms with Gasteiger partial charge in [0.15, 0.2) is 5.82 Å². The van der Waals surface area contributed by atoms with Crippen LogP contribution in [0.4, 0.5) is 16.3 Å². The molecule has 27 heavy (non-hydrogen) atoms. The SMILES string of the molecule is O=C(Nc1ccccc1Cl)N1CCN(c2cc(-c3ccncc3)[nH]n2)CC1. The number of urea groups is 1. The van der Waals surface area contributed by atoms with Crippen LogP contribution in [-0.2, 0) is 0 Å². The molecule has 4 rings (SSSR count). The first-order valence-corrected chi connectivity index (χ1v) is 9.10. The van der Waals surface area contributed by atoms with E-state index in [9.17, 15) is 4.79 Å². The average Bonchev–Trinajstić information content (AvgIpc) is 3.21. The summed E-state index contributed by atoms with van der Waals surface area (Å²) in [5.41, 5.74) is 2.62. The normalized spacial score (nSPS) is 14.3. The monoisotopic (exact) mass is 382 g/mol. The minimum atomic E-state index is -0.137. The van der Waals surface area contributed by atoms with E-state index in [1.165, 1.54) is 0 Å². The number of hydrogen-bond acceptors (Lipinski definition) is 4. The molecule has 1 aliphatic rings. The van der Waals surface area contributed by atoms with Gasteiger partial charge in [-0.15, -0.1) is 0 Å². The summed E-state index contributed by atoms with van der Waals surface area (Å²) in [4.78, 5) is 20.4. The van der Waals surface area contributed by atoms with Gasteiger partial charge in [0, 0.05) is 50.2 Å². The number of carbonyl (C=O) groups excluding carboxylic acids is 1. The lowest BCUT2D eigenvalue weighted by Crippen LogP contribution is -2.50. The highest BCUT2D eigenvalue weighted by atomic mass is 35.5. The van der Waals surface area contributed by atoms with Gasteiger partial charge in [-0.05, 0) is 24.3 Å². The van der Waals surface area contributed by atoms with Crippen molar-refractivity contribution in [2.45, 2.75) is 0 Å². The van der Waals surface area contributed by atoms with Gasteiger partial charge in [0.05, 0.1) is 16.4 Å². The standard InChI is InChI=1S/C19H19ClN6O/c20-15-3-1-2-4-16(15)22-19(27)26-11-9-25(10-12-26)18-13-17(23-24-18)14-5-7-21-8-6-14/h1-8,13H,9-12H2,(H,22,27)(H,23,24). The summed E-state index contributed by atoms with van der Waals surface area (Å²) in [5.74, 6) is 0.882. The highest BCUT2D eigenvalue weighted by molar-refractivity contribution is 6.33. The van der Waals surface area contributed by atoms with Crippen LogP contribution in [-0.4, -0.2) is 52.3 Å². The molecule has 2 aromatic heterocycles. The van der Waals surface area contributed by atoms with Crippen LogP contribution in [0.1, 0.15) is 0 Å². The molecule has 8 heteroatoms. The number of benzene rings is 1. The minimum Gasteiger partial charge on any atom is -0.352 e. The van der Waals surface area contributed by atoms with Crippen LogP contribution in [0, 0.1) is 0 Å². The Hall–Kier alpha value is -3.06. The van der Waals surface area contributed by atoms with Crippen LogP contribution >= 0.6 is 11.6 Å². The Morgan fingerprint density at radius 2 is 1.81 bits per heavy atom. The summed E-state index contributed by atoms with van der Waals surface area (Å²) in [5, 5.41) is 10.9. The van der Waals surface area contributed by atoms with Crippen LogP contribution < -0.4 is 10.2 Å². The fourth-order valence-electron chi connectivity index (χ4n) is 3.05. The largest absolute Gasteiger partial charge is 0.352 e. The fourth-order valence-corrected chi connectivity index (χ4v) is 3.23. The number of piperazine rings is 1. The zero-order valence-corrected chi connectivity index (χ0v) is 15.4. The van der Waals surface area contributed by atoms with Crippen molar-refractivity contribution in [1.82, 2.24) is 20.1 Å². The number of amides is 2.